The summed E-state index contributed by atoms with van der Waals surface area (Å²) in [7, 11) is 0. The maximum absolute atomic E-state index is 12.1. The normalized spacial score (nSPS) is 24.6. The zero-order valence-electron chi connectivity index (χ0n) is 10.2. The van der Waals surface area contributed by atoms with Crippen molar-refractivity contribution >= 4 is 22.9 Å². The lowest BCUT2D eigenvalue weighted by Crippen LogP contribution is -2.51. The molecule has 1 atom stereocenters. The van der Waals surface area contributed by atoms with Crippen LogP contribution in [0.5, 0.6) is 0 Å². The highest BCUT2D eigenvalue weighted by molar-refractivity contribution is 7.14. The number of amides is 1. The van der Waals surface area contributed by atoms with Gasteiger partial charge in [-0.05, 0) is 32.8 Å². The predicted molar refractivity (Wildman–Crippen MR) is 69.4 cm³/mol. The monoisotopic (exact) mass is 254 g/mol. The van der Waals surface area contributed by atoms with Crippen molar-refractivity contribution in [1.82, 2.24) is 5.32 Å². The molecule has 1 aliphatic rings. The second-order valence-corrected chi connectivity index (χ2v) is 6.05. The van der Waals surface area contributed by atoms with Crippen molar-refractivity contribution in [3.63, 3.8) is 0 Å². The van der Waals surface area contributed by atoms with Gasteiger partial charge in [-0.1, -0.05) is 0 Å². The van der Waals surface area contributed by atoms with Gasteiger partial charge in [0, 0.05) is 17.2 Å². The van der Waals surface area contributed by atoms with Gasteiger partial charge in [-0.15, -0.1) is 11.3 Å². The molecule has 0 spiro atoms. The molecule has 1 aromatic heterocycles. The van der Waals surface area contributed by atoms with Crippen molar-refractivity contribution < 1.29 is 9.53 Å². The second-order valence-electron chi connectivity index (χ2n) is 4.79. The third-order valence-electron chi connectivity index (χ3n) is 3.03. The highest BCUT2D eigenvalue weighted by Crippen LogP contribution is 2.25. The molecule has 5 heteroatoms. The predicted octanol–water partition coefficient (Wildman–Crippen LogP) is 1.94. The van der Waals surface area contributed by atoms with E-state index in [2.05, 4.69) is 5.32 Å². The summed E-state index contributed by atoms with van der Waals surface area (Å²) in [4.78, 5) is 13.7. The second kappa shape index (κ2) is 4.66. The molecule has 2 rings (SSSR count). The van der Waals surface area contributed by atoms with Gasteiger partial charge in [0.15, 0.2) is 0 Å². The number of anilines is 1. The maximum atomic E-state index is 12.1. The molecule has 1 saturated heterocycles. The van der Waals surface area contributed by atoms with Crippen LogP contribution in [0.15, 0.2) is 6.07 Å². The molecule has 2 heterocycles. The van der Waals surface area contributed by atoms with Crippen LogP contribution in [0, 0.1) is 6.92 Å². The lowest BCUT2D eigenvalue weighted by atomic mass is 9.95. The van der Waals surface area contributed by atoms with E-state index in [-0.39, 0.29) is 11.4 Å². The molecule has 0 aliphatic carbocycles. The maximum Gasteiger partial charge on any atom is 0.261 e. The Morgan fingerprint density at radius 3 is 2.94 bits per heavy atom. The minimum absolute atomic E-state index is 0.0530. The minimum atomic E-state index is -0.248. The summed E-state index contributed by atoms with van der Waals surface area (Å²) in [6.07, 6.45) is 1.95. The number of nitrogens with one attached hydrogen (secondary N) is 1. The molecule has 1 fully saturated rings. The molecular formula is C12H18N2O2S. The van der Waals surface area contributed by atoms with E-state index in [1.54, 1.807) is 6.07 Å². The van der Waals surface area contributed by atoms with E-state index < -0.39 is 0 Å². The molecule has 1 unspecified atom stereocenters. The van der Waals surface area contributed by atoms with Crippen LogP contribution in [0.3, 0.4) is 0 Å². The minimum Gasteiger partial charge on any atom is -0.398 e. The lowest BCUT2D eigenvalue weighted by Gasteiger charge is -2.34. The molecule has 4 nitrogen and oxygen atoms in total. The fraction of sp³-hybridized carbons (Fsp3) is 0.583. The zero-order chi connectivity index (χ0) is 12.5. The fourth-order valence-electron chi connectivity index (χ4n) is 1.98. The Balaban J connectivity index is 2.05. The average molecular weight is 254 g/mol. The van der Waals surface area contributed by atoms with Gasteiger partial charge in [-0.2, -0.15) is 0 Å². The number of carbonyl (C=O) groups is 1. The van der Waals surface area contributed by atoms with Crippen LogP contribution < -0.4 is 11.1 Å². The molecule has 1 aromatic rings. The van der Waals surface area contributed by atoms with Crippen LogP contribution >= 0.6 is 11.3 Å². The van der Waals surface area contributed by atoms with E-state index in [1.165, 1.54) is 11.3 Å². The van der Waals surface area contributed by atoms with Crippen molar-refractivity contribution in [1.29, 1.82) is 0 Å². The van der Waals surface area contributed by atoms with E-state index in [4.69, 9.17) is 10.5 Å². The van der Waals surface area contributed by atoms with Crippen LogP contribution in [0.25, 0.3) is 0 Å². The van der Waals surface area contributed by atoms with E-state index >= 15 is 0 Å². The molecule has 0 saturated carbocycles. The Morgan fingerprint density at radius 2 is 2.41 bits per heavy atom. The molecule has 17 heavy (non-hydrogen) atoms. The van der Waals surface area contributed by atoms with E-state index in [0.29, 0.717) is 17.2 Å². The van der Waals surface area contributed by atoms with Crippen molar-refractivity contribution in [2.75, 3.05) is 18.9 Å². The first-order valence-corrected chi connectivity index (χ1v) is 6.58. The standard InChI is InChI=1S/C12H18N2O2S/c1-8-9(13)6-10(17-8)11(15)14-12(2)4-3-5-16-7-12/h6H,3-5,7,13H2,1-2H3,(H,14,15). The third kappa shape index (κ3) is 2.79. The first-order chi connectivity index (χ1) is 8.00. The number of rotatable bonds is 2. The summed E-state index contributed by atoms with van der Waals surface area (Å²) >= 11 is 1.43. The quantitative estimate of drug-likeness (QED) is 0.847. The van der Waals surface area contributed by atoms with E-state index in [9.17, 15) is 4.79 Å². The Labute approximate surface area is 105 Å². The molecule has 3 N–H and O–H groups in total. The van der Waals surface area contributed by atoms with Crippen molar-refractivity contribution in [2.24, 2.45) is 0 Å². The van der Waals surface area contributed by atoms with Gasteiger partial charge in [0.2, 0.25) is 0 Å². The number of nitrogen functional groups attached to an aromatic ring is 1. The SMILES string of the molecule is Cc1sc(C(=O)NC2(C)CCCOC2)cc1N. The summed E-state index contributed by atoms with van der Waals surface area (Å²) in [5, 5.41) is 3.04. The Kier molecular flexibility index (Phi) is 3.40. The zero-order valence-corrected chi connectivity index (χ0v) is 11.0. The Morgan fingerprint density at radius 1 is 1.65 bits per heavy atom. The number of hydrogen-bond acceptors (Lipinski definition) is 4. The molecule has 0 bridgehead atoms. The van der Waals surface area contributed by atoms with E-state index in [0.717, 1.165) is 24.3 Å². The Hall–Kier alpha value is -1.07. The molecule has 1 amide bonds. The van der Waals surface area contributed by atoms with Gasteiger partial charge >= 0.3 is 0 Å². The first-order valence-electron chi connectivity index (χ1n) is 5.76. The summed E-state index contributed by atoms with van der Waals surface area (Å²) in [6, 6.07) is 1.74. The summed E-state index contributed by atoms with van der Waals surface area (Å²) < 4.78 is 5.41. The number of aryl methyl sites for hydroxylation is 1. The van der Waals surface area contributed by atoms with Crippen molar-refractivity contribution in [3.05, 3.63) is 15.8 Å². The number of nitrogens with two attached hydrogens (primary N) is 1. The van der Waals surface area contributed by atoms with Gasteiger partial charge in [0.05, 0.1) is 17.0 Å². The average Bonchev–Trinajstić information content (AvgIpc) is 2.60. The van der Waals surface area contributed by atoms with Gasteiger partial charge < -0.3 is 15.8 Å². The smallest absolute Gasteiger partial charge is 0.261 e. The largest absolute Gasteiger partial charge is 0.398 e. The first kappa shape index (κ1) is 12.4. The van der Waals surface area contributed by atoms with Gasteiger partial charge in [-0.25, -0.2) is 0 Å². The molecular weight excluding hydrogens is 236 g/mol. The van der Waals surface area contributed by atoms with Crippen molar-refractivity contribution in [3.8, 4) is 0 Å². The Bertz CT molecular complexity index is 403. The number of ether oxygens (including phenoxy) is 1. The summed E-state index contributed by atoms with van der Waals surface area (Å²) in [5.41, 5.74) is 6.19. The van der Waals surface area contributed by atoms with Crippen LogP contribution in [0.1, 0.15) is 34.3 Å². The van der Waals surface area contributed by atoms with Gasteiger partial charge in [-0.3, -0.25) is 4.79 Å². The van der Waals surface area contributed by atoms with Crippen LogP contribution in [0.4, 0.5) is 5.69 Å². The van der Waals surface area contributed by atoms with Crippen LogP contribution in [0.2, 0.25) is 0 Å². The van der Waals surface area contributed by atoms with Crippen molar-refractivity contribution in [2.45, 2.75) is 32.2 Å². The van der Waals surface area contributed by atoms with Gasteiger partial charge in [0.1, 0.15) is 0 Å². The van der Waals surface area contributed by atoms with Crippen LogP contribution in [-0.4, -0.2) is 24.7 Å². The number of thiophene rings is 1. The highest BCUT2D eigenvalue weighted by Gasteiger charge is 2.30. The molecule has 0 radical (unpaired) electrons. The van der Waals surface area contributed by atoms with Crippen LogP contribution in [-0.2, 0) is 4.74 Å². The summed E-state index contributed by atoms with van der Waals surface area (Å²) in [6.45, 7) is 5.31. The summed E-state index contributed by atoms with van der Waals surface area (Å²) in [5.74, 6) is -0.0530. The van der Waals surface area contributed by atoms with Gasteiger partial charge in [0.25, 0.3) is 5.91 Å². The lowest BCUT2D eigenvalue weighted by molar-refractivity contribution is 0.0274. The molecule has 1 aliphatic heterocycles. The highest BCUT2D eigenvalue weighted by atomic mass is 32.1. The topological polar surface area (TPSA) is 64.3 Å². The number of carbonyl (C=O) groups excluding carboxylic acids is 1. The third-order valence-corrected chi connectivity index (χ3v) is 4.10. The molecule has 94 valence electrons. The van der Waals surface area contributed by atoms with E-state index in [1.807, 2.05) is 13.8 Å². The fourth-order valence-corrected chi connectivity index (χ4v) is 2.81. The number of hydrogen-bond donors (Lipinski definition) is 2. The molecule has 0 aromatic carbocycles.